The van der Waals surface area contributed by atoms with Crippen LogP contribution in [0.3, 0.4) is 0 Å². The van der Waals surface area contributed by atoms with E-state index in [2.05, 4.69) is 22.2 Å². The molecule has 1 aliphatic heterocycles. The highest BCUT2D eigenvalue weighted by molar-refractivity contribution is 6.65. The lowest BCUT2D eigenvalue weighted by Gasteiger charge is -2.08. The van der Waals surface area contributed by atoms with Gasteiger partial charge in [0.25, 0.3) is 0 Å². The summed E-state index contributed by atoms with van der Waals surface area (Å²) >= 11 is 11.8. The zero-order valence-corrected chi connectivity index (χ0v) is 11.9. The Morgan fingerprint density at radius 3 is 2.63 bits per heavy atom. The average Bonchev–Trinajstić information content (AvgIpc) is 2.40. The van der Waals surface area contributed by atoms with Gasteiger partial charge in [-0.2, -0.15) is 0 Å². The molecule has 0 atom stereocenters. The predicted molar refractivity (Wildman–Crippen MR) is 81.0 cm³/mol. The Labute approximate surface area is 122 Å². The summed E-state index contributed by atoms with van der Waals surface area (Å²) in [6, 6.07) is 9.75. The highest BCUT2D eigenvalue weighted by atomic mass is 35.5. The molecule has 96 valence electrons. The highest BCUT2D eigenvalue weighted by Gasteiger charge is 2.05. The number of hydrogen-bond donors (Lipinski definition) is 1. The van der Waals surface area contributed by atoms with Crippen LogP contribution in [0.15, 0.2) is 57.8 Å². The van der Waals surface area contributed by atoms with Crippen LogP contribution in [0.5, 0.6) is 0 Å². The van der Waals surface area contributed by atoms with Crippen molar-refractivity contribution in [1.29, 1.82) is 0 Å². The van der Waals surface area contributed by atoms with E-state index in [4.69, 9.17) is 23.2 Å². The molecule has 0 fully saturated rings. The third kappa shape index (κ3) is 4.17. The monoisotopic (exact) mass is 290 g/mol. The Hall–Kier alpha value is -1.69. The largest absolute Gasteiger partial charge is 0.321 e. The molecular weight excluding hydrogens is 279 g/mol. The first-order valence-corrected chi connectivity index (χ1v) is 6.54. The van der Waals surface area contributed by atoms with E-state index in [1.54, 1.807) is 0 Å². The van der Waals surface area contributed by atoms with Crippen LogP contribution in [-0.4, -0.2) is 5.29 Å². The number of hydrogen-bond acceptors (Lipinski definition) is 2. The summed E-state index contributed by atoms with van der Waals surface area (Å²) in [5.74, 6) is 6.12. The van der Waals surface area contributed by atoms with Crippen LogP contribution < -0.4 is 5.32 Å². The van der Waals surface area contributed by atoms with E-state index in [-0.39, 0.29) is 5.29 Å². The van der Waals surface area contributed by atoms with Crippen LogP contribution >= 0.6 is 23.2 Å². The van der Waals surface area contributed by atoms with Gasteiger partial charge in [0, 0.05) is 5.56 Å². The minimum atomic E-state index is 0.220. The third-order valence-corrected chi connectivity index (χ3v) is 2.95. The quantitative estimate of drug-likeness (QED) is 0.567. The summed E-state index contributed by atoms with van der Waals surface area (Å²) in [6.07, 6.45) is 2.54. The number of aliphatic imine (C=N–C) groups is 1. The van der Waals surface area contributed by atoms with Crippen molar-refractivity contribution >= 4 is 28.5 Å². The van der Waals surface area contributed by atoms with Crippen molar-refractivity contribution in [1.82, 2.24) is 5.32 Å². The molecule has 0 saturated heterocycles. The van der Waals surface area contributed by atoms with Crippen molar-refractivity contribution in [2.24, 2.45) is 4.99 Å². The maximum absolute atomic E-state index is 5.94. The summed E-state index contributed by atoms with van der Waals surface area (Å²) < 4.78 is 0. The number of nitrogens with one attached hydrogen (secondary N) is 1. The lowest BCUT2D eigenvalue weighted by atomic mass is 10.1. The van der Waals surface area contributed by atoms with Gasteiger partial charge >= 0.3 is 0 Å². The molecule has 0 aliphatic carbocycles. The van der Waals surface area contributed by atoms with Gasteiger partial charge in [0.05, 0.1) is 0 Å². The number of amidine groups is 1. The van der Waals surface area contributed by atoms with E-state index in [1.165, 1.54) is 0 Å². The van der Waals surface area contributed by atoms with Gasteiger partial charge in [0.15, 0.2) is 0 Å². The Morgan fingerprint density at radius 1 is 1.16 bits per heavy atom. The zero-order valence-electron chi connectivity index (χ0n) is 10.4. The van der Waals surface area contributed by atoms with E-state index in [9.17, 15) is 0 Å². The number of halogens is 2. The van der Waals surface area contributed by atoms with Crippen molar-refractivity contribution in [3.05, 3.63) is 58.4 Å². The third-order valence-electron chi connectivity index (χ3n) is 2.52. The Balaban J connectivity index is 2.33. The first-order valence-electron chi connectivity index (χ1n) is 5.79. The molecule has 0 bridgehead atoms. The highest BCUT2D eigenvalue weighted by Crippen LogP contribution is 2.16. The fourth-order valence-electron chi connectivity index (χ4n) is 1.50. The standard InChI is InChI=1S/C15H12Cl2N2/c1-11-7-10-14(16)19-15(17)18-13(11)9-8-12-5-3-2-4-6-12/h2-6,10H,7H2,1H3,(H,18,19). The van der Waals surface area contributed by atoms with E-state index < -0.39 is 0 Å². The van der Waals surface area contributed by atoms with Crippen molar-refractivity contribution in [3.8, 4) is 11.8 Å². The molecule has 1 N–H and O–H groups in total. The molecule has 0 aromatic heterocycles. The number of benzene rings is 1. The minimum Gasteiger partial charge on any atom is -0.321 e. The van der Waals surface area contributed by atoms with Crippen molar-refractivity contribution in [3.63, 3.8) is 0 Å². The summed E-state index contributed by atoms with van der Waals surface area (Å²) in [7, 11) is 0. The van der Waals surface area contributed by atoms with Gasteiger partial charge in [-0.3, -0.25) is 0 Å². The Kier molecular flexibility index (Phi) is 4.68. The van der Waals surface area contributed by atoms with Crippen LogP contribution in [0.4, 0.5) is 0 Å². The van der Waals surface area contributed by atoms with Crippen LogP contribution in [0.25, 0.3) is 0 Å². The second kappa shape index (κ2) is 6.47. The first kappa shape index (κ1) is 13.7. The van der Waals surface area contributed by atoms with Gasteiger partial charge in [0.1, 0.15) is 10.9 Å². The number of allylic oxidation sites excluding steroid dienone is 3. The second-order valence-corrected chi connectivity index (χ2v) is 4.79. The molecule has 4 heteroatoms. The van der Waals surface area contributed by atoms with Crippen molar-refractivity contribution in [2.75, 3.05) is 0 Å². The van der Waals surface area contributed by atoms with Crippen LogP contribution in [0.1, 0.15) is 18.9 Å². The molecule has 0 spiro atoms. The zero-order chi connectivity index (χ0) is 13.7. The lowest BCUT2D eigenvalue weighted by molar-refractivity contribution is 1.09. The maximum atomic E-state index is 5.94. The van der Waals surface area contributed by atoms with Crippen LogP contribution in [0, 0.1) is 11.8 Å². The first-order chi connectivity index (χ1) is 9.15. The molecule has 1 aromatic carbocycles. The molecule has 0 radical (unpaired) electrons. The van der Waals surface area contributed by atoms with E-state index in [0.29, 0.717) is 17.3 Å². The Morgan fingerprint density at radius 2 is 1.89 bits per heavy atom. The van der Waals surface area contributed by atoms with Gasteiger partial charge in [-0.05, 0) is 54.6 Å². The van der Waals surface area contributed by atoms with Gasteiger partial charge in [-0.15, -0.1) is 0 Å². The predicted octanol–water partition coefficient (Wildman–Crippen LogP) is 3.98. The molecule has 0 saturated carbocycles. The van der Waals surface area contributed by atoms with Gasteiger partial charge in [-0.1, -0.05) is 35.7 Å². The van der Waals surface area contributed by atoms with Crippen LogP contribution in [-0.2, 0) is 0 Å². The van der Waals surface area contributed by atoms with E-state index in [0.717, 1.165) is 11.1 Å². The smallest absolute Gasteiger partial charge is 0.202 e. The molecule has 1 aliphatic rings. The normalized spacial score (nSPS) is 15.3. The van der Waals surface area contributed by atoms with E-state index >= 15 is 0 Å². The minimum absolute atomic E-state index is 0.220. The fraction of sp³-hybridized carbons (Fsp3) is 0.133. The van der Waals surface area contributed by atoms with Crippen LogP contribution in [0.2, 0.25) is 0 Å². The SMILES string of the molecule is CC1=C(C#Cc2ccccc2)N=C(Cl)NC(Cl)=CC1. The molecule has 2 nitrogen and oxygen atoms in total. The second-order valence-electron chi connectivity index (χ2n) is 4.03. The molecule has 2 rings (SSSR count). The molecular formula is C15H12Cl2N2. The average molecular weight is 291 g/mol. The molecule has 0 amide bonds. The summed E-state index contributed by atoms with van der Waals surface area (Å²) in [5.41, 5.74) is 2.64. The van der Waals surface area contributed by atoms with Gasteiger partial charge < -0.3 is 5.32 Å². The number of rotatable bonds is 0. The molecule has 1 aromatic rings. The van der Waals surface area contributed by atoms with E-state index in [1.807, 2.05) is 43.3 Å². The van der Waals surface area contributed by atoms with Crippen molar-refractivity contribution in [2.45, 2.75) is 13.3 Å². The molecule has 1 heterocycles. The van der Waals surface area contributed by atoms with Crippen molar-refractivity contribution < 1.29 is 0 Å². The number of nitrogens with zero attached hydrogens (tertiary/aromatic N) is 1. The molecule has 0 unspecified atom stereocenters. The topological polar surface area (TPSA) is 24.4 Å². The maximum Gasteiger partial charge on any atom is 0.202 e. The summed E-state index contributed by atoms with van der Waals surface area (Å²) in [4.78, 5) is 4.23. The fourth-order valence-corrected chi connectivity index (χ4v) is 1.90. The van der Waals surface area contributed by atoms with Gasteiger partial charge in [-0.25, -0.2) is 4.99 Å². The summed E-state index contributed by atoms with van der Waals surface area (Å²) in [5, 5.41) is 3.47. The summed E-state index contributed by atoms with van der Waals surface area (Å²) in [6.45, 7) is 1.97. The Bertz CT molecular complexity index is 617. The molecule has 19 heavy (non-hydrogen) atoms. The van der Waals surface area contributed by atoms with Gasteiger partial charge in [0.2, 0.25) is 5.29 Å². The lowest BCUT2D eigenvalue weighted by Crippen LogP contribution is -2.15.